The molecule has 3 rings (SSSR count). The molecule has 1 aliphatic rings. The molecule has 2 heterocycles. The number of rotatable bonds is 1. The molecule has 1 aromatic heterocycles. The highest BCUT2D eigenvalue weighted by Gasteiger charge is 2.32. The Morgan fingerprint density at radius 2 is 2.00 bits per heavy atom. The van der Waals surface area contributed by atoms with Crippen LogP contribution in [-0.2, 0) is 11.8 Å². The molecule has 0 radical (unpaired) electrons. The second kappa shape index (κ2) is 4.77. The second-order valence-electron chi connectivity index (χ2n) is 5.62. The van der Waals surface area contributed by atoms with Crippen molar-refractivity contribution in [3.63, 3.8) is 0 Å². The first-order chi connectivity index (χ1) is 9.49. The zero-order valence-electron chi connectivity index (χ0n) is 11.7. The molecular formula is C16H16BrNO2. The smallest absolute Gasteiger partial charge is 0.213 e. The fourth-order valence-corrected chi connectivity index (χ4v) is 2.90. The van der Waals surface area contributed by atoms with Gasteiger partial charge in [-0.3, -0.25) is 0 Å². The lowest BCUT2D eigenvalue weighted by Crippen LogP contribution is -2.21. The third kappa shape index (κ3) is 2.29. The number of benzene rings is 1. The van der Waals surface area contributed by atoms with E-state index in [1.807, 2.05) is 24.3 Å². The van der Waals surface area contributed by atoms with Crippen LogP contribution in [0.15, 0.2) is 34.8 Å². The highest BCUT2D eigenvalue weighted by Crippen LogP contribution is 2.42. The maximum atomic E-state index is 6.07. The van der Waals surface area contributed by atoms with Gasteiger partial charge in [-0.15, -0.1) is 0 Å². The molecule has 0 unspecified atom stereocenters. The molecular weight excluding hydrogens is 318 g/mol. The molecule has 3 nitrogen and oxygen atoms in total. The molecule has 104 valence electrons. The zero-order valence-corrected chi connectivity index (χ0v) is 13.3. The largest absolute Gasteiger partial charge is 0.481 e. The van der Waals surface area contributed by atoms with E-state index in [1.54, 1.807) is 7.11 Å². The van der Waals surface area contributed by atoms with Gasteiger partial charge in [0.25, 0.3) is 0 Å². The van der Waals surface area contributed by atoms with E-state index in [0.717, 1.165) is 28.1 Å². The van der Waals surface area contributed by atoms with Crippen LogP contribution in [0, 0.1) is 0 Å². The predicted octanol–water partition coefficient (Wildman–Crippen LogP) is 4.48. The molecule has 0 spiro atoms. The number of aromatic nitrogens is 1. The van der Waals surface area contributed by atoms with E-state index in [0.29, 0.717) is 5.88 Å². The molecule has 0 atom stereocenters. The van der Waals surface area contributed by atoms with E-state index >= 15 is 0 Å². The second-order valence-corrected chi connectivity index (χ2v) is 6.53. The summed E-state index contributed by atoms with van der Waals surface area (Å²) in [6.07, 6.45) is 0.878. The van der Waals surface area contributed by atoms with Gasteiger partial charge in [-0.25, -0.2) is 4.98 Å². The zero-order chi connectivity index (χ0) is 14.3. The van der Waals surface area contributed by atoms with Crippen LogP contribution in [0.3, 0.4) is 0 Å². The molecule has 1 aromatic carbocycles. The van der Waals surface area contributed by atoms with Crippen LogP contribution in [0.2, 0.25) is 0 Å². The van der Waals surface area contributed by atoms with Crippen molar-refractivity contribution >= 4 is 15.9 Å². The van der Waals surface area contributed by atoms with Crippen LogP contribution in [0.5, 0.6) is 17.4 Å². The van der Waals surface area contributed by atoms with E-state index in [-0.39, 0.29) is 5.41 Å². The molecule has 20 heavy (non-hydrogen) atoms. The van der Waals surface area contributed by atoms with Crippen molar-refractivity contribution in [3.8, 4) is 17.4 Å². The summed E-state index contributed by atoms with van der Waals surface area (Å²) in [5.74, 6) is 2.30. The maximum absolute atomic E-state index is 6.07. The van der Waals surface area contributed by atoms with Gasteiger partial charge >= 0.3 is 0 Å². The molecule has 0 N–H and O–H groups in total. The Kier molecular flexibility index (Phi) is 3.21. The third-order valence-electron chi connectivity index (χ3n) is 3.56. The Morgan fingerprint density at radius 1 is 1.20 bits per heavy atom. The molecule has 1 aliphatic heterocycles. The quantitative estimate of drug-likeness (QED) is 0.771. The van der Waals surface area contributed by atoms with Crippen LogP contribution < -0.4 is 9.47 Å². The summed E-state index contributed by atoms with van der Waals surface area (Å²) >= 11 is 3.49. The number of halogens is 1. The third-order valence-corrected chi connectivity index (χ3v) is 4.06. The van der Waals surface area contributed by atoms with Gasteiger partial charge in [0.15, 0.2) is 0 Å². The van der Waals surface area contributed by atoms with E-state index < -0.39 is 0 Å². The average Bonchev–Trinajstić information content (AvgIpc) is 2.52. The SMILES string of the molecule is COc1ccc2c(n1)C(C)(C)Cc1ccc(Br)cc1O2. The predicted molar refractivity (Wildman–Crippen MR) is 81.7 cm³/mol. The minimum absolute atomic E-state index is 0.108. The van der Waals surface area contributed by atoms with Crippen molar-refractivity contribution in [3.05, 3.63) is 46.1 Å². The van der Waals surface area contributed by atoms with Crippen LogP contribution >= 0.6 is 15.9 Å². The van der Waals surface area contributed by atoms with Crippen molar-refractivity contribution in [1.29, 1.82) is 0 Å². The fraction of sp³-hybridized carbons (Fsp3) is 0.312. The Labute approximate surface area is 127 Å². The van der Waals surface area contributed by atoms with Crippen molar-refractivity contribution in [1.82, 2.24) is 4.98 Å². The van der Waals surface area contributed by atoms with Gasteiger partial charge in [-0.2, -0.15) is 0 Å². The van der Waals surface area contributed by atoms with Crippen LogP contribution in [0.4, 0.5) is 0 Å². The monoisotopic (exact) mass is 333 g/mol. The van der Waals surface area contributed by atoms with E-state index in [4.69, 9.17) is 9.47 Å². The highest BCUT2D eigenvalue weighted by molar-refractivity contribution is 9.10. The molecule has 0 amide bonds. The van der Waals surface area contributed by atoms with Crippen molar-refractivity contribution in [2.75, 3.05) is 7.11 Å². The first-order valence-electron chi connectivity index (χ1n) is 6.51. The van der Waals surface area contributed by atoms with E-state index in [9.17, 15) is 0 Å². The number of fused-ring (bicyclic) bond motifs is 2. The van der Waals surface area contributed by atoms with Gasteiger partial charge in [-0.05, 0) is 30.2 Å². The first-order valence-corrected chi connectivity index (χ1v) is 7.31. The number of methoxy groups -OCH3 is 1. The Bertz CT molecular complexity index is 668. The number of pyridine rings is 1. The van der Waals surface area contributed by atoms with Gasteiger partial charge < -0.3 is 9.47 Å². The van der Waals surface area contributed by atoms with Crippen molar-refractivity contribution in [2.45, 2.75) is 25.7 Å². The molecule has 4 heteroatoms. The molecule has 0 saturated carbocycles. The summed E-state index contributed by atoms with van der Waals surface area (Å²) < 4.78 is 12.3. The Morgan fingerprint density at radius 3 is 2.75 bits per heavy atom. The molecule has 2 aromatic rings. The van der Waals surface area contributed by atoms with Crippen LogP contribution in [0.25, 0.3) is 0 Å². The Balaban J connectivity index is 2.17. The highest BCUT2D eigenvalue weighted by atomic mass is 79.9. The molecule has 0 saturated heterocycles. The first kappa shape index (κ1) is 13.4. The van der Waals surface area contributed by atoms with Gasteiger partial charge in [0.1, 0.15) is 11.5 Å². The molecule has 0 bridgehead atoms. The summed E-state index contributed by atoms with van der Waals surface area (Å²) in [5.41, 5.74) is 2.02. The van der Waals surface area contributed by atoms with Gasteiger partial charge in [0.05, 0.1) is 12.8 Å². The summed E-state index contributed by atoms with van der Waals surface area (Å²) in [7, 11) is 1.63. The number of hydrogen-bond acceptors (Lipinski definition) is 3. The molecule has 0 fully saturated rings. The minimum atomic E-state index is -0.108. The Hall–Kier alpha value is -1.55. The summed E-state index contributed by atoms with van der Waals surface area (Å²) in [5, 5.41) is 0. The minimum Gasteiger partial charge on any atom is -0.481 e. The van der Waals surface area contributed by atoms with Gasteiger partial charge in [-0.1, -0.05) is 35.8 Å². The number of nitrogens with zero attached hydrogens (tertiary/aromatic N) is 1. The van der Waals surface area contributed by atoms with Gasteiger partial charge in [0, 0.05) is 16.0 Å². The fourth-order valence-electron chi connectivity index (χ4n) is 2.56. The lowest BCUT2D eigenvalue weighted by atomic mass is 9.82. The van der Waals surface area contributed by atoms with E-state index in [2.05, 4.69) is 40.8 Å². The summed E-state index contributed by atoms with van der Waals surface area (Å²) in [4.78, 5) is 4.59. The topological polar surface area (TPSA) is 31.4 Å². The summed E-state index contributed by atoms with van der Waals surface area (Å²) in [6.45, 7) is 4.36. The van der Waals surface area contributed by atoms with Gasteiger partial charge in [0.2, 0.25) is 5.88 Å². The number of ether oxygens (including phenoxy) is 2. The van der Waals surface area contributed by atoms with Crippen molar-refractivity contribution in [2.24, 2.45) is 0 Å². The van der Waals surface area contributed by atoms with Crippen LogP contribution in [0.1, 0.15) is 25.1 Å². The van der Waals surface area contributed by atoms with E-state index in [1.165, 1.54) is 5.56 Å². The summed E-state index contributed by atoms with van der Waals surface area (Å²) in [6, 6.07) is 9.91. The van der Waals surface area contributed by atoms with Crippen LogP contribution in [-0.4, -0.2) is 12.1 Å². The standard InChI is InChI=1S/C16H16BrNO2/c1-16(2)9-10-4-5-11(17)8-13(10)20-12-6-7-14(19-3)18-15(12)16/h4-8H,9H2,1-3H3. The molecule has 0 aliphatic carbocycles. The maximum Gasteiger partial charge on any atom is 0.213 e. The average molecular weight is 334 g/mol. The number of hydrogen-bond donors (Lipinski definition) is 0. The normalized spacial score (nSPS) is 15.6. The lowest BCUT2D eigenvalue weighted by molar-refractivity contribution is 0.384. The lowest BCUT2D eigenvalue weighted by Gasteiger charge is -2.23. The van der Waals surface area contributed by atoms with Crippen molar-refractivity contribution < 1.29 is 9.47 Å².